The van der Waals surface area contributed by atoms with Gasteiger partial charge in [-0.05, 0) is 0 Å². The molecule has 0 atom stereocenters. The quantitative estimate of drug-likeness (QED) is 0.206. The van der Waals surface area contributed by atoms with Crippen LogP contribution in [-0.2, 0) is 292 Å². The van der Waals surface area contributed by atoms with Crippen LogP contribution in [0.25, 0.3) is 0 Å². The SMILES string of the molecule is [Ba+2].[Ba+2].[Ba+2].[Ba+2].[Cr+6].[Cr+6].[Cr+6].[Cr+6].[Cr+6].[Cr+6].[Cr+6].[Cr+6].[O-2].[O-2].[O-2].[O-2].[O-2].[O-2].[O-2].[O-2].[O-2].[O-2].[O-2].[O-2].[O-2].[O-2].[O-2].[O-2].[O-2].[O-2].[O-2].[O-2].[O-2].[O-2].[O-2].[O-2].[O-2].[O-2].[O-2].[O-2]. The van der Waals surface area contributed by atoms with Gasteiger partial charge in [-0.3, -0.25) is 0 Å². The minimum atomic E-state index is 0. The molecule has 0 rings (SSSR count). The fraction of sp³-hybridized carbons (Fsp3) is 0. The van der Waals surface area contributed by atoms with Crippen LogP contribution in [0.15, 0.2) is 0 Å². The molecule has 0 spiro atoms. The van der Waals surface area contributed by atoms with Crippen molar-refractivity contribution in [2.75, 3.05) is 0 Å². The Morgan fingerprint density at radius 1 is 0.0750 bits per heavy atom. The molecule has 0 saturated carbocycles. The normalized spacial score (nSPS) is 0. The van der Waals surface area contributed by atoms with Crippen molar-refractivity contribution >= 4 is 196 Å². The van der Waals surface area contributed by atoms with E-state index in [1.807, 2.05) is 0 Å². The molecule has 0 aromatic rings. The topological polar surface area (TPSA) is 798 Å². The molecule has 0 aliphatic carbocycles. The van der Waals surface area contributed by atoms with Crippen LogP contribution in [0, 0.1) is 0 Å². The summed E-state index contributed by atoms with van der Waals surface area (Å²) in [5, 5.41) is 0. The summed E-state index contributed by atoms with van der Waals surface area (Å²) in [6.45, 7) is 0. The van der Waals surface area contributed by atoms with E-state index in [9.17, 15) is 0 Å². The molecule has 40 heavy (non-hydrogen) atoms. The van der Waals surface area contributed by atoms with Gasteiger partial charge in [-0.15, -0.1) is 0 Å². The van der Waals surface area contributed by atoms with Crippen molar-refractivity contribution in [2.24, 2.45) is 0 Å². The Labute approximate surface area is 476 Å². The minimum Gasteiger partial charge on any atom is -2.00 e. The molecule has 0 saturated heterocycles. The molecule has 0 N–H and O–H groups in total. The first-order valence-electron chi connectivity index (χ1n) is 0. The van der Waals surface area contributed by atoms with Crippen LogP contribution in [0.2, 0.25) is 0 Å². The van der Waals surface area contributed by atoms with Crippen LogP contribution in [0.5, 0.6) is 0 Å². The third-order valence-electron chi connectivity index (χ3n) is 0. The van der Waals surface area contributed by atoms with Gasteiger partial charge in [0.05, 0.1) is 0 Å². The van der Waals surface area contributed by atoms with Crippen molar-refractivity contribution in [3.8, 4) is 0 Å². The fourth-order valence-corrected chi connectivity index (χ4v) is 0. The van der Waals surface area contributed by atoms with Crippen LogP contribution in [0.1, 0.15) is 0 Å². The molecule has 0 aliphatic rings. The van der Waals surface area contributed by atoms with Crippen molar-refractivity contribution in [1.82, 2.24) is 0 Å². The maximum Gasteiger partial charge on any atom is 6.00 e. The van der Waals surface area contributed by atoms with Gasteiger partial charge in [-0.25, -0.2) is 0 Å². The second-order valence-corrected chi connectivity index (χ2v) is 0. The van der Waals surface area contributed by atoms with Gasteiger partial charge in [0.2, 0.25) is 0 Å². The molecule has 0 bridgehead atoms. The van der Waals surface area contributed by atoms with Crippen molar-refractivity contribution in [3.63, 3.8) is 0 Å². The molecular formula is Ba4Cr8O28. The maximum atomic E-state index is 0. The molecule has 0 radical (unpaired) electrons. The largest absolute Gasteiger partial charge is 6.00 e. The summed E-state index contributed by atoms with van der Waals surface area (Å²) in [5.41, 5.74) is 0. The summed E-state index contributed by atoms with van der Waals surface area (Å²) in [6, 6.07) is 0. The Morgan fingerprint density at radius 3 is 0.0750 bits per heavy atom. The standard InChI is InChI=1S/4Ba.8Cr.28O/q4*+2;8*+6;28*-2. The van der Waals surface area contributed by atoms with Crippen molar-refractivity contribution in [2.45, 2.75) is 0 Å². The summed E-state index contributed by atoms with van der Waals surface area (Å²) < 4.78 is 0. The molecule has 40 heteroatoms. The molecule has 224 valence electrons. The van der Waals surface area contributed by atoms with Crippen LogP contribution in [0.3, 0.4) is 0 Å². The van der Waals surface area contributed by atoms with E-state index in [4.69, 9.17) is 0 Å². The Bertz CT molecular complexity index is 46.3. The fourth-order valence-electron chi connectivity index (χ4n) is 0. The van der Waals surface area contributed by atoms with E-state index >= 15 is 0 Å². The molecule has 0 aromatic carbocycles. The van der Waals surface area contributed by atoms with Gasteiger partial charge >= 0.3 is 334 Å². The first-order valence-corrected chi connectivity index (χ1v) is 0. The zero-order valence-corrected chi connectivity index (χ0v) is 45.5. The van der Waals surface area contributed by atoms with E-state index in [1.165, 1.54) is 0 Å². The predicted molar refractivity (Wildman–Crippen MR) is 42.2 cm³/mol. The number of rotatable bonds is 0. The van der Waals surface area contributed by atoms with Gasteiger partial charge in [-0.2, -0.15) is 0 Å². The maximum absolute atomic E-state index is 0. The summed E-state index contributed by atoms with van der Waals surface area (Å²) >= 11 is 0. The van der Waals surface area contributed by atoms with E-state index in [0.29, 0.717) is 0 Å². The zero-order chi connectivity index (χ0) is 0. The van der Waals surface area contributed by atoms with E-state index in [-0.39, 0.29) is 488 Å². The van der Waals surface area contributed by atoms with Gasteiger partial charge in [0.1, 0.15) is 0 Å². The van der Waals surface area contributed by atoms with E-state index in [2.05, 4.69) is 0 Å². The van der Waals surface area contributed by atoms with Gasteiger partial charge in [0.15, 0.2) is 0 Å². The molecule has 28 nitrogen and oxygen atoms in total. The molecule has 0 aliphatic heterocycles. The van der Waals surface area contributed by atoms with Crippen LogP contribution in [-0.4, -0.2) is 196 Å². The van der Waals surface area contributed by atoms with Crippen LogP contribution in [0.4, 0.5) is 0 Å². The minimum absolute atomic E-state index is 0. The van der Waals surface area contributed by atoms with Gasteiger partial charge in [-0.1, -0.05) is 0 Å². The smallest absolute Gasteiger partial charge is 2.00 e. The predicted octanol–water partition coefficient (Wildman–Crippen LogP) is -4.87. The zero-order valence-electron chi connectivity index (χ0n) is 17.5. The molecule has 0 aromatic heterocycles. The summed E-state index contributed by atoms with van der Waals surface area (Å²) in [4.78, 5) is 0. The Morgan fingerprint density at radius 2 is 0.0750 bits per heavy atom. The summed E-state index contributed by atoms with van der Waals surface area (Å²) in [5.74, 6) is 0. The molecule has 0 heterocycles. The van der Waals surface area contributed by atoms with E-state index in [0.717, 1.165) is 0 Å². The van der Waals surface area contributed by atoms with Gasteiger partial charge in [0, 0.05) is 0 Å². The number of hydrogen-bond donors (Lipinski definition) is 0. The van der Waals surface area contributed by atoms with Crippen LogP contribution >= 0.6 is 0 Å². The van der Waals surface area contributed by atoms with Crippen molar-refractivity contribution in [1.29, 1.82) is 0 Å². The second-order valence-electron chi connectivity index (χ2n) is 0. The Kier molecular flexibility index (Phi) is 40000. The third-order valence-corrected chi connectivity index (χ3v) is 0. The van der Waals surface area contributed by atoms with Gasteiger partial charge < -0.3 is 153 Å². The average Bonchev–Trinajstić information content (AvgIpc) is 0. The number of hydrogen-bond acceptors (Lipinski definition) is 0. The van der Waals surface area contributed by atoms with Crippen LogP contribution < -0.4 is 0 Å². The molecular weight excluding hydrogens is 1410 g/mol. The monoisotopic (exact) mass is 1420 g/mol. The average molecular weight is 1410 g/mol. The van der Waals surface area contributed by atoms with Crippen molar-refractivity contribution < 1.29 is 292 Å². The summed E-state index contributed by atoms with van der Waals surface area (Å²) in [6.07, 6.45) is 0. The Balaban J connectivity index is 0. The summed E-state index contributed by atoms with van der Waals surface area (Å²) in [7, 11) is 0. The van der Waals surface area contributed by atoms with Crippen molar-refractivity contribution in [3.05, 3.63) is 0 Å². The second kappa shape index (κ2) is 1230. The molecule has 0 amide bonds. The molecule has 0 fully saturated rings. The van der Waals surface area contributed by atoms with Gasteiger partial charge in [0.25, 0.3) is 0 Å². The third kappa shape index (κ3) is 1150. The van der Waals surface area contributed by atoms with E-state index < -0.39 is 0 Å². The van der Waals surface area contributed by atoms with E-state index in [1.54, 1.807) is 0 Å². The Hall–Kier alpha value is 9.43. The molecule has 0 unspecified atom stereocenters. The first-order chi connectivity index (χ1) is 0. The first kappa shape index (κ1) is 1300.